The summed E-state index contributed by atoms with van der Waals surface area (Å²) in [6.07, 6.45) is 0. The zero-order valence-electron chi connectivity index (χ0n) is 8.06. The molecule has 12 heavy (non-hydrogen) atoms. The Kier molecular flexibility index (Phi) is 4.74. The van der Waals surface area contributed by atoms with Crippen molar-refractivity contribution in [1.29, 1.82) is 0 Å². The highest BCUT2D eigenvalue weighted by Gasteiger charge is 2.06. The summed E-state index contributed by atoms with van der Waals surface area (Å²) < 4.78 is 0. The number of hydrogen-bond acceptors (Lipinski definition) is 2. The lowest BCUT2D eigenvalue weighted by molar-refractivity contribution is 0.423. The topological polar surface area (TPSA) is 27.6 Å². The van der Waals surface area contributed by atoms with Crippen LogP contribution < -0.4 is 5.32 Å². The van der Waals surface area contributed by atoms with Crippen LogP contribution in [0.5, 0.6) is 0 Å². The van der Waals surface area contributed by atoms with Gasteiger partial charge in [-0.2, -0.15) is 0 Å². The summed E-state index contributed by atoms with van der Waals surface area (Å²) >= 11 is 5.87. The van der Waals surface area contributed by atoms with Crippen molar-refractivity contribution in [3.8, 4) is 0 Å². The third-order valence-corrected chi connectivity index (χ3v) is 1.93. The fourth-order valence-corrected chi connectivity index (χ4v) is 0.756. The SMILES string of the molecule is C=C(N=C(Cl)N(C)C(C)C)NC. The highest BCUT2D eigenvalue weighted by molar-refractivity contribution is 6.64. The fourth-order valence-electron chi connectivity index (χ4n) is 0.459. The van der Waals surface area contributed by atoms with E-state index in [1.165, 1.54) is 0 Å². The number of nitrogens with zero attached hydrogens (tertiary/aromatic N) is 2. The Bertz CT molecular complexity index is 187. The molecule has 4 heteroatoms. The van der Waals surface area contributed by atoms with Gasteiger partial charge in [0.2, 0.25) is 0 Å². The molecule has 70 valence electrons. The first-order chi connectivity index (χ1) is 5.49. The van der Waals surface area contributed by atoms with Crippen LogP contribution in [0.15, 0.2) is 17.4 Å². The van der Waals surface area contributed by atoms with Gasteiger partial charge in [0.1, 0.15) is 5.82 Å². The van der Waals surface area contributed by atoms with Gasteiger partial charge in [0.05, 0.1) is 0 Å². The molecule has 0 aliphatic carbocycles. The normalized spacial score (nSPS) is 11.7. The number of hydrogen-bond donors (Lipinski definition) is 1. The lowest BCUT2D eigenvalue weighted by atomic mass is 10.4. The average Bonchev–Trinajstić information content (AvgIpc) is 2.02. The molecule has 0 rings (SSSR count). The van der Waals surface area contributed by atoms with E-state index in [-0.39, 0.29) is 0 Å². The Morgan fingerprint density at radius 2 is 2.08 bits per heavy atom. The van der Waals surface area contributed by atoms with Gasteiger partial charge in [0.25, 0.3) is 0 Å². The molecule has 0 unspecified atom stereocenters. The summed E-state index contributed by atoms with van der Waals surface area (Å²) in [4.78, 5) is 5.88. The van der Waals surface area contributed by atoms with Crippen molar-refractivity contribution in [2.24, 2.45) is 4.99 Å². The third kappa shape index (κ3) is 3.62. The molecule has 0 spiro atoms. The molecule has 0 atom stereocenters. The maximum atomic E-state index is 5.87. The Balaban J connectivity index is 4.26. The Labute approximate surface area is 79.1 Å². The molecular formula is C8H16ClN3. The molecule has 0 aromatic heterocycles. The predicted octanol–water partition coefficient (Wildman–Crippen LogP) is 1.61. The van der Waals surface area contributed by atoms with E-state index in [1.807, 2.05) is 25.8 Å². The Hall–Kier alpha value is -0.700. The summed E-state index contributed by atoms with van der Waals surface area (Å²) in [5, 5.41) is 3.25. The van der Waals surface area contributed by atoms with Gasteiger partial charge in [-0.1, -0.05) is 6.58 Å². The molecule has 0 aliphatic heterocycles. The van der Waals surface area contributed by atoms with Gasteiger partial charge in [-0.05, 0) is 25.4 Å². The minimum Gasteiger partial charge on any atom is -0.374 e. The molecule has 0 saturated heterocycles. The van der Waals surface area contributed by atoms with Crippen molar-refractivity contribution < 1.29 is 0 Å². The zero-order chi connectivity index (χ0) is 9.72. The van der Waals surface area contributed by atoms with Crippen molar-refractivity contribution in [2.75, 3.05) is 14.1 Å². The summed E-state index contributed by atoms with van der Waals surface area (Å²) in [7, 11) is 3.64. The van der Waals surface area contributed by atoms with E-state index in [1.54, 1.807) is 7.05 Å². The van der Waals surface area contributed by atoms with Crippen LogP contribution in [-0.4, -0.2) is 30.3 Å². The van der Waals surface area contributed by atoms with Gasteiger partial charge in [0.15, 0.2) is 5.29 Å². The van der Waals surface area contributed by atoms with Crippen LogP contribution in [-0.2, 0) is 0 Å². The van der Waals surface area contributed by atoms with Crippen molar-refractivity contribution in [3.05, 3.63) is 12.4 Å². The molecule has 3 nitrogen and oxygen atoms in total. The number of nitrogens with one attached hydrogen (secondary N) is 1. The van der Waals surface area contributed by atoms with Crippen LogP contribution in [0, 0.1) is 0 Å². The first-order valence-corrected chi connectivity index (χ1v) is 4.20. The smallest absolute Gasteiger partial charge is 0.200 e. The predicted molar refractivity (Wildman–Crippen MR) is 54.4 cm³/mol. The number of aliphatic imine (C=N–C) groups is 1. The molecular weight excluding hydrogens is 174 g/mol. The molecule has 0 bridgehead atoms. The Morgan fingerprint density at radius 1 is 1.58 bits per heavy atom. The average molecular weight is 190 g/mol. The van der Waals surface area contributed by atoms with Crippen molar-refractivity contribution in [3.63, 3.8) is 0 Å². The second-order valence-electron chi connectivity index (χ2n) is 2.78. The van der Waals surface area contributed by atoms with Crippen LogP contribution in [0.25, 0.3) is 0 Å². The van der Waals surface area contributed by atoms with Gasteiger partial charge in [0, 0.05) is 20.1 Å². The summed E-state index contributed by atoms with van der Waals surface area (Å²) in [6.45, 7) is 7.73. The second-order valence-corrected chi connectivity index (χ2v) is 3.12. The van der Waals surface area contributed by atoms with Gasteiger partial charge in [-0.25, -0.2) is 4.99 Å². The van der Waals surface area contributed by atoms with E-state index >= 15 is 0 Å². The van der Waals surface area contributed by atoms with Gasteiger partial charge >= 0.3 is 0 Å². The highest BCUT2D eigenvalue weighted by atomic mass is 35.5. The maximum Gasteiger partial charge on any atom is 0.200 e. The summed E-state index contributed by atoms with van der Waals surface area (Å²) in [5.41, 5.74) is 0. The summed E-state index contributed by atoms with van der Waals surface area (Å²) in [5.74, 6) is 0.562. The fraction of sp³-hybridized carbons (Fsp3) is 0.625. The number of amidine groups is 1. The first kappa shape index (κ1) is 11.3. The monoisotopic (exact) mass is 189 g/mol. The zero-order valence-corrected chi connectivity index (χ0v) is 8.81. The van der Waals surface area contributed by atoms with Crippen molar-refractivity contribution in [1.82, 2.24) is 10.2 Å². The first-order valence-electron chi connectivity index (χ1n) is 3.82. The molecule has 0 heterocycles. The molecule has 0 amide bonds. The lowest BCUT2D eigenvalue weighted by Gasteiger charge is -2.21. The van der Waals surface area contributed by atoms with Crippen LogP contribution in [0.1, 0.15) is 13.8 Å². The lowest BCUT2D eigenvalue weighted by Crippen LogP contribution is -2.30. The molecule has 0 aromatic rings. The minimum absolute atomic E-state index is 0.339. The van der Waals surface area contributed by atoms with Crippen LogP contribution in [0.3, 0.4) is 0 Å². The molecule has 0 saturated carbocycles. The third-order valence-electron chi connectivity index (χ3n) is 1.58. The van der Waals surface area contributed by atoms with Crippen LogP contribution >= 0.6 is 11.6 Å². The van der Waals surface area contributed by atoms with E-state index in [0.29, 0.717) is 17.2 Å². The van der Waals surface area contributed by atoms with E-state index in [2.05, 4.69) is 16.9 Å². The highest BCUT2D eigenvalue weighted by Crippen LogP contribution is 2.02. The number of rotatable bonds is 3. The minimum atomic E-state index is 0.339. The van der Waals surface area contributed by atoms with Crippen LogP contribution in [0.4, 0.5) is 0 Å². The van der Waals surface area contributed by atoms with Gasteiger partial charge in [-0.3, -0.25) is 0 Å². The molecule has 0 fully saturated rings. The molecule has 0 radical (unpaired) electrons. The number of halogens is 1. The molecule has 0 aliphatic rings. The van der Waals surface area contributed by atoms with Crippen molar-refractivity contribution in [2.45, 2.75) is 19.9 Å². The standard InChI is InChI=1S/C8H16ClN3/c1-6(2)12(5)8(9)11-7(3)10-4/h6,10H,3H2,1-2,4-5H3. The van der Waals surface area contributed by atoms with Crippen molar-refractivity contribution >= 4 is 16.9 Å². The van der Waals surface area contributed by atoms with E-state index in [0.717, 1.165) is 0 Å². The molecule has 1 N–H and O–H groups in total. The van der Waals surface area contributed by atoms with E-state index < -0.39 is 0 Å². The Morgan fingerprint density at radius 3 is 2.42 bits per heavy atom. The van der Waals surface area contributed by atoms with Gasteiger partial charge < -0.3 is 10.2 Å². The van der Waals surface area contributed by atoms with Gasteiger partial charge in [-0.15, -0.1) is 0 Å². The summed E-state index contributed by atoms with van der Waals surface area (Å²) in [6, 6.07) is 0.339. The quantitative estimate of drug-likeness (QED) is 0.415. The maximum absolute atomic E-state index is 5.87. The second kappa shape index (κ2) is 5.04. The van der Waals surface area contributed by atoms with E-state index in [4.69, 9.17) is 11.6 Å². The van der Waals surface area contributed by atoms with Crippen LogP contribution in [0.2, 0.25) is 0 Å². The largest absolute Gasteiger partial charge is 0.374 e. The molecule has 0 aromatic carbocycles. The van der Waals surface area contributed by atoms with E-state index in [9.17, 15) is 0 Å².